The second-order valence-corrected chi connectivity index (χ2v) is 7.47. The van der Waals surface area contributed by atoms with Crippen molar-refractivity contribution in [3.05, 3.63) is 56.7 Å². The van der Waals surface area contributed by atoms with Gasteiger partial charge in [0.25, 0.3) is 0 Å². The highest BCUT2D eigenvalue weighted by atomic mass is 79.9. The van der Waals surface area contributed by atoms with Gasteiger partial charge in [-0.3, -0.25) is 4.57 Å². The van der Waals surface area contributed by atoms with E-state index in [1.54, 1.807) is 0 Å². The average molecular weight is 429 g/mol. The third kappa shape index (κ3) is 2.77. The molecule has 0 N–H and O–H groups in total. The molecular formula is C16H13Br2ClN2. The largest absolute Gasteiger partial charge is 0.295 e. The Bertz CT molecular complexity index is 825. The Morgan fingerprint density at radius 3 is 2.43 bits per heavy atom. The van der Waals surface area contributed by atoms with Crippen molar-refractivity contribution in [2.24, 2.45) is 0 Å². The molecule has 1 heterocycles. The maximum Gasteiger partial charge on any atom is 0.132 e. The average Bonchev–Trinajstić information content (AvgIpc) is 2.77. The topological polar surface area (TPSA) is 17.8 Å². The fourth-order valence-corrected chi connectivity index (χ4v) is 3.43. The quantitative estimate of drug-likeness (QED) is 0.447. The van der Waals surface area contributed by atoms with Crippen molar-refractivity contribution in [2.45, 2.75) is 19.2 Å². The van der Waals surface area contributed by atoms with Gasteiger partial charge in [0.15, 0.2) is 0 Å². The molecule has 1 atom stereocenters. The number of hydrogen-bond donors (Lipinski definition) is 0. The van der Waals surface area contributed by atoms with E-state index >= 15 is 0 Å². The molecule has 0 aliphatic carbocycles. The van der Waals surface area contributed by atoms with Gasteiger partial charge in [-0.05, 0) is 55.8 Å². The highest BCUT2D eigenvalue weighted by Gasteiger charge is 2.17. The van der Waals surface area contributed by atoms with Crippen LogP contribution in [0.4, 0.5) is 0 Å². The summed E-state index contributed by atoms with van der Waals surface area (Å²) < 4.78 is 4.23. The lowest BCUT2D eigenvalue weighted by Gasteiger charge is -2.13. The van der Waals surface area contributed by atoms with Crippen LogP contribution in [0.25, 0.3) is 16.7 Å². The van der Waals surface area contributed by atoms with Gasteiger partial charge in [0.1, 0.15) is 5.82 Å². The van der Waals surface area contributed by atoms with Gasteiger partial charge >= 0.3 is 0 Å². The maximum atomic E-state index is 6.35. The minimum Gasteiger partial charge on any atom is -0.295 e. The number of imidazole rings is 1. The Morgan fingerprint density at radius 1 is 1.10 bits per heavy atom. The van der Waals surface area contributed by atoms with Crippen molar-refractivity contribution in [1.29, 1.82) is 0 Å². The SMILES string of the molecule is Cc1cc(Br)ccc1-n1c(C(C)Cl)nc2ccc(Br)cc21. The zero-order chi connectivity index (χ0) is 15.1. The van der Waals surface area contributed by atoms with Crippen molar-refractivity contribution in [1.82, 2.24) is 9.55 Å². The zero-order valence-electron chi connectivity index (χ0n) is 11.6. The highest BCUT2D eigenvalue weighted by molar-refractivity contribution is 9.10. The standard InChI is InChI=1S/C16H13Br2ClN2/c1-9-7-11(17)4-6-14(9)21-15-8-12(18)3-5-13(15)20-16(21)10(2)19/h3-8,10H,1-2H3. The molecule has 0 fully saturated rings. The smallest absolute Gasteiger partial charge is 0.132 e. The van der Waals surface area contributed by atoms with E-state index < -0.39 is 0 Å². The third-order valence-electron chi connectivity index (χ3n) is 3.40. The number of alkyl halides is 1. The summed E-state index contributed by atoms with van der Waals surface area (Å²) >= 11 is 13.4. The molecule has 5 heteroatoms. The fraction of sp³-hybridized carbons (Fsp3) is 0.188. The predicted octanol–water partition coefficient (Wildman–Crippen LogP) is 6.16. The molecule has 2 nitrogen and oxygen atoms in total. The second-order valence-electron chi connectivity index (χ2n) is 4.99. The van der Waals surface area contributed by atoms with Crippen LogP contribution in [0, 0.1) is 6.92 Å². The first-order chi connectivity index (χ1) is 9.97. The van der Waals surface area contributed by atoms with Crippen molar-refractivity contribution < 1.29 is 0 Å². The van der Waals surface area contributed by atoms with E-state index in [-0.39, 0.29) is 5.38 Å². The summed E-state index contributed by atoms with van der Waals surface area (Å²) in [5.41, 5.74) is 4.27. The molecule has 2 aromatic carbocycles. The van der Waals surface area contributed by atoms with Crippen LogP contribution in [-0.2, 0) is 0 Å². The fourth-order valence-electron chi connectivity index (χ4n) is 2.46. The minimum absolute atomic E-state index is 0.167. The first kappa shape index (κ1) is 15.1. The van der Waals surface area contributed by atoms with E-state index in [2.05, 4.69) is 61.5 Å². The summed E-state index contributed by atoms with van der Waals surface area (Å²) in [6.07, 6.45) is 0. The van der Waals surface area contributed by atoms with Gasteiger partial charge in [-0.25, -0.2) is 4.98 Å². The molecule has 0 saturated carbocycles. The second kappa shape index (κ2) is 5.75. The maximum absolute atomic E-state index is 6.35. The normalized spacial score (nSPS) is 12.8. The number of aryl methyl sites for hydroxylation is 1. The highest BCUT2D eigenvalue weighted by Crippen LogP contribution is 2.31. The molecule has 0 radical (unpaired) electrons. The summed E-state index contributed by atoms with van der Waals surface area (Å²) in [6.45, 7) is 4.04. The van der Waals surface area contributed by atoms with Crippen LogP contribution in [0.1, 0.15) is 23.7 Å². The molecular weight excluding hydrogens is 415 g/mol. The van der Waals surface area contributed by atoms with E-state index in [9.17, 15) is 0 Å². The van der Waals surface area contributed by atoms with E-state index in [0.717, 1.165) is 31.5 Å². The van der Waals surface area contributed by atoms with Crippen LogP contribution in [0.15, 0.2) is 45.3 Å². The number of aromatic nitrogens is 2. The number of benzene rings is 2. The van der Waals surface area contributed by atoms with E-state index in [1.165, 1.54) is 5.56 Å². The van der Waals surface area contributed by atoms with Crippen molar-refractivity contribution in [3.63, 3.8) is 0 Å². The molecule has 21 heavy (non-hydrogen) atoms. The van der Waals surface area contributed by atoms with Gasteiger partial charge in [-0.15, -0.1) is 11.6 Å². The van der Waals surface area contributed by atoms with E-state index in [0.29, 0.717) is 0 Å². The molecule has 108 valence electrons. The van der Waals surface area contributed by atoms with Gasteiger partial charge in [0.05, 0.1) is 22.1 Å². The molecule has 0 spiro atoms. The first-order valence-corrected chi connectivity index (χ1v) is 8.58. The lowest BCUT2D eigenvalue weighted by Crippen LogP contribution is -2.03. The number of halogens is 3. The Balaban J connectivity index is 2.38. The first-order valence-electron chi connectivity index (χ1n) is 6.56. The molecule has 1 unspecified atom stereocenters. The van der Waals surface area contributed by atoms with Crippen LogP contribution >= 0.6 is 43.5 Å². The molecule has 3 rings (SSSR count). The molecule has 1 aromatic heterocycles. The molecule has 0 aliphatic rings. The van der Waals surface area contributed by atoms with Crippen LogP contribution in [0.2, 0.25) is 0 Å². The lowest BCUT2D eigenvalue weighted by atomic mass is 10.2. The molecule has 0 saturated heterocycles. The number of fused-ring (bicyclic) bond motifs is 1. The third-order valence-corrected chi connectivity index (χ3v) is 4.58. The Labute approximate surface area is 145 Å². The number of nitrogens with zero attached hydrogens (tertiary/aromatic N) is 2. The van der Waals surface area contributed by atoms with Crippen molar-refractivity contribution in [3.8, 4) is 5.69 Å². The Hall–Kier alpha value is -0.840. The summed E-state index contributed by atoms with van der Waals surface area (Å²) in [5.74, 6) is 0.857. The van der Waals surface area contributed by atoms with Gasteiger partial charge in [0, 0.05) is 8.95 Å². The molecule has 0 bridgehead atoms. The molecule has 0 amide bonds. The van der Waals surface area contributed by atoms with Crippen LogP contribution < -0.4 is 0 Å². The Morgan fingerprint density at radius 2 is 1.76 bits per heavy atom. The Kier molecular flexibility index (Phi) is 4.12. The van der Waals surface area contributed by atoms with Gasteiger partial charge < -0.3 is 0 Å². The van der Waals surface area contributed by atoms with Crippen molar-refractivity contribution in [2.75, 3.05) is 0 Å². The summed E-state index contributed by atoms with van der Waals surface area (Å²) in [5, 5.41) is -0.167. The zero-order valence-corrected chi connectivity index (χ0v) is 15.5. The number of rotatable bonds is 2. The van der Waals surface area contributed by atoms with Crippen molar-refractivity contribution >= 4 is 54.5 Å². The molecule has 3 aromatic rings. The number of hydrogen-bond acceptors (Lipinski definition) is 1. The van der Waals surface area contributed by atoms with Gasteiger partial charge in [-0.2, -0.15) is 0 Å². The van der Waals surface area contributed by atoms with Gasteiger partial charge in [0.2, 0.25) is 0 Å². The molecule has 0 aliphatic heterocycles. The summed E-state index contributed by atoms with van der Waals surface area (Å²) in [7, 11) is 0. The van der Waals surface area contributed by atoms with Crippen LogP contribution in [0.5, 0.6) is 0 Å². The van der Waals surface area contributed by atoms with Crippen LogP contribution in [-0.4, -0.2) is 9.55 Å². The minimum atomic E-state index is -0.167. The van der Waals surface area contributed by atoms with Crippen LogP contribution in [0.3, 0.4) is 0 Å². The van der Waals surface area contributed by atoms with E-state index in [1.807, 2.05) is 25.1 Å². The predicted molar refractivity (Wildman–Crippen MR) is 95.5 cm³/mol. The summed E-state index contributed by atoms with van der Waals surface area (Å²) in [6, 6.07) is 12.3. The summed E-state index contributed by atoms with van der Waals surface area (Å²) in [4.78, 5) is 4.69. The van der Waals surface area contributed by atoms with Gasteiger partial charge in [-0.1, -0.05) is 31.9 Å². The monoisotopic (exact) mass is 426 g/mol. The lowest BCUT2D eigenvalue weighted by molar-refractivity contribution is 0.878. The van der Waals surface area contributed by atoms with E-state index in [4.69, 9.17) is 16.6 Å².